The molecule has 1 unspecified atom stereocenters. The third-order valence-electron chi connectivity index (χ3n) is 4.29. The van der Waals surface area contributed by atoms with E-state index in [9.17, 15) is 0 Å². The summed E-state index contributed by atoms with van der Waals surface area (Å²) < 4.78 is 5.63. The second-order valence-corrected chi connectivity index (χ2v) is 5.77. The highest BCUT2D eigenvalue weighted by molar-refractivity contribution is 5.42. The Balaban J connectivity index is 2.44. The minimum Gasteiger partial charge on any atom is -0.496 e. The van der Waals surface area contributed by atoms with Gasteiger partial charge in [0.2, 0.25) is 0 Å². The SMILES string of the molecule is CCCC1(c2cc(C)ccc2OC)CCCCCN1. The zero-order chi connectivity index (χ0) is 13.7. The second kappa shape index (κ2) is 6.42. The maximum Gasteiger partial charge on any atom is 0.123 e. The molecule has 0 saturated carbocycles. The Bertz CT molecular complexity index is 406. The first-order valence-corrected chi connectivity index (χ1v) is 7.62. The lowest BCUT2D eigenvalue weighted by molar-refractivity contribution is 0.282. The number of methoxy groups -OCH3 is 1. The molecule has 0 amide bonds. The highest BCUT2D eigenvalue weighted by atomic mass is 16.5. The summed E-state index contributed by atoms with van der Waals surface area (Å²) in [5.41, 5.74) is 2.79. The Morgan fingerprint density at radius 3 is 2.84 bits per heavy atom. The fourth-order valence-corrected chi connectivity index (χ4v) is 3.35. The van der Waals surface area contributed by atoms with E-state index in [-0.39, 0.29) is 5.54 Å². The fourth-order valence-electron chi connectivity index (χ4n) is 3.35. The second-order valence-electron chi connectivity index (χ2n) is 5.77. The van der Waals surface area contributed by atoms with Gasteiger partial charge in [0.15, 0.2) is 0 Å². The normalized spacial score (nSPS) is 23.9. The lowest BCUT2D eigenvalue weighted by Crippen LogP contribution is -2.42. The van der Waals surface area contributed by atoms with Crippen molar-refractivity contribution in [1.82, 2.24) is 5.32 Å². The average Bonchev–Trinajstić information content (AvgIpc) is 2.66. The highest BCUT2D eigenvalue weighted by Gasteiger charge is 2.34. The first kappa shape index (κ1) is 14.4. The van der Waals surface area contributed by atoms with Crippen LogP contribution in [0.5, 0.6) is 5.75 Å². The van der Waals surface area contributed by atoms with Crippen molar-refractivity contribution in [2.24, 2.45) is 0 Å². The van der Waals surface area contributed by atoms with Crippen molar-refractivity contribution in [2.75, 3.05) is 13.7 Å². The van der Waals surface area contributed by atoms with Crippen molar-refractivity contribution in [3.63, 3.8) is 0 Å². The van der Waals surface area contributed by atoms with Crippen LogP contribution in [0.1, 0.15) is 56.6 Å². The lowest BCUT2D eigenvalue weighted by atomic mass is 9.80. The molecule has 1 heterocycles. The van der Waals surface area contributed by atoms with Crippen LogP contribution in [0.3, 0.4) is 0 Å². The van der Waals surface area contributed by atoms with Crippen LogP contribution in [0.4, 0.5) is 0 Å². The van der Waals surface area contributed by atoms with Crippen LogP contribution in [0.15, 0.2) is 18.2 Å². The predicted octanol–water partition coefficient (Wildman–Crippen LogP) is 4.16. The molecule has 1 aliphatic rings. The number of aryl methyl sites for hydroxylation is 1. The molecule has 1 aromatic carbocycles. The maximum absolute atomic E-state index is 5.63. The van der Waals surface area contributed by atoms with Gasteiger partial charge >= 0.3 is 0 Å². The molecule has 1 fully saturated rings. The smallest absolute Gasteiger partial charge is 0.123 e. The molecule has 2 rings (SSSR count). The number of nitrogens with one attached hydrogen (secondary N) is 1. The summed E-state index contributed by atoms with van der Waals surface area (Å²) in [4.78, 5) is 0. The molecule has 0 bridgehead atoms. The van der Waals surface area contributed by atoms with Gasteiger partial charge in [-0.1, -0.05) is 43.9 Å². The van der Waals surface area contributed by atoms with Gasteiger partial charge in [0.05, 0.1) is 7.11 Å². The highest BCUT2D eigenvalue weighted by Crippen LogP contribution is 2.39. The standard InChI is InChI=1S/C17H27NO/c1-4-10-17(11-6-5-7-12-18-17)15-13-14(2)8-9-16(15)19-3/h8-9,13,18H,4-7,10-12H2,1-3H3. The summed E-state index contributed by atoms with van der Waals surface area (Å²) in [5, 5.41) is 3.83. The Kier molecular flexibility index (Phi) is 4.87. The summed E-state index contributed by atoms with van der Waals surface area (Å²) in [6.07, 6.45) is 7.55. The van der Waals surface area contributed by atoms with Gasteiger partial charge in [0.25, 0.3) is 0 Å². The third kappa shape index (κ3) is 3.11. The summed E-state index contributed by atoms with van der Waals surface area (Å²) in [7, 11) is 1.78. The largest absolute Gasteiger partial charge is 0.496 e. The van der Waals surface area contributed by atoms with Crippen LogP contribution in [0.2, 0.25) is 0 Å². The molecule has 0 aliphatic carbocycles. The van der Waals surface area contributed by atoms with Crippen molar-refractivity contribution < 1.29 is 4.74 Å². The Labute approximate surface area is 117 Å². The Hall–Kier alpha value is -1.02. The van der Waals surface area contributed by atoms with E-state index in [0.29, 0.717) is 0 Å². The van der Waals surface area contributed by atoms with Gasteiger partial charge in [-0.15, -0.1) is 0 Å². The minimum atomic E-state index is 0.114. The van der Waals surface area contributed by atoms with Crippen molar-refractivity contribution in [1.29, 1.82) is 0 Å². The molecule has 0 spiro atoms. The van der Waals surface area contributed by atoms with Gasteiger partial charge in [-0.3, -0.25) is 0 Å². The van der Waals surface area contributed by atoms with Gasteiger partial charge in [0, 0.05) is 11.1 Å². The van der Waals surface area contributed by atoms with E-state index in [4.69, 9.17) is 4.74 Å². The number of ether oxygens (including phenoxy) is 1. The van der Waals surface area contributed by atoms with Crippen molar-refractivity contribution >= 4 is 0 Å². The molecule has 2 heteroatoms. The van der Waals surface area contributed by atoms with Gasteiger partial charge in [-0.25, -0.2) is 0 Å². The van der Waals surface area contributed by atoms with Crippen LogP contribution in [-0.2, 0) is 5.54 Å². The van der Waals surface area contributed by atoms with E-state index < -0.39 is 0 Å². The molecular weight excluding hydrogens is 234 g/mol. The molecule has 1 aromatic rings. The molecule has 1 saturated heterocycles. The van der Waals surface area contributed by atoms with Gasteiger partial charge < -0.3 is 10.1 Å². The Morgan fingerprint density at radius 1 is 1.26 bits per heavy atom. The number of rotatable bonds is 4. The quantitative estimate of drug-likeness (QED) is 0.878. The topological polar surface area (TPSA) is 21.3 Å². The molecule has 0 radical (unpaired) electrons. The maximum atomic E-state index is 5.63. The summed E-state index contributed by atoms with van der Waals surface area (Å²) in [6, 6.07) is 6.57. The molecule has 2 nitrogen and oxygen atoms in total. The molecular formula is C17H27NO. The van der Waals surface area contributed by atoms with Gasteiger partial charge in [-0.2, -0.15) is 0 Å². The van der Waals surface area contributed by atoms with E-state index >= 15 is 0 Å². The number of hydrogen-bond donors (Lipinski definition) is 1. The predicted molar refractivity (Wildman–Crippen MR) is 80.8 cm³/mol. The third-order valence-corrected chi connectivity index (χ3v) is 4.29. The monoisotopic (exact) mass is 261 g/mol. The number of hydrogen-bond acceptors (Lipinski definition) is 2. The minimum absolute atomic E-state index is 0.114. The first-order chi connectivity index (χ1) is 9.22. The van der Waals surface area contributed by atoms with Crippen molar-refractivity contribution in [2.45, 2.75) is 57.9 Å². The van der Waals surface area contributed by atoms with E-state index in [1.54, 1.807) is 7.11 Å². The van der Waals surface area contributed by atoms with Crippen LogP contribution < -0.4 is 10.1 Å². The van der Waals surface area contributed by atoms with E-state index in [1.807, 2.05) is 0 Å². The van der Waals surface area contributed by atoms with Crippen molar-refractivity contribution in [3.8, 4) is 5.75 Å². The zero-order valence-corrected chi connectivity index (χ0v) is 12.6. The molecule has 1 N–H and O–H groups in total. The van der Waals surface area contributed by atoms with Crippen LogP contribution in [-0.4, -0.2) is 13.7 Å². The summed E-state index contributed by atoms with van der Waals surface area (Å²) in [6.45, 7) is 5.56. The zero-order valence-electron chi connectivity index (χ0n) is 12.6. The molecule has 1 atom stereocenters. The van der Waals surface area contributed by atoms with Crippen LogP contribution in [0.25, 0.3) is 0 Å². The molecule has 0 aromatic heterocycles. The fraction of sp³-hybridized carbons (Fsp3) is 0.647. The summed E-state index contributed by atoms with van der Waals surface area (Å²) >= 11 is 0. The number of benzene rings is 1. The van der Waals surface area contributed by atoms with Gasteiger partial charge in [0.1, 0.15) is 5.75 Å². The lowest BCUT2D eigenvalue weighted by Gasteiger charge is -2.35. The van der Waals surface area contributed by atoms with Crippen LogP contribution >= 0.6 is 0 Å². The van der Waals surface area contributed by atoms with E-state index in [1.165, 1.54) is 49.7 Å². The van der Waals surface area contributed by atoms with E-state index in [2.05, 4.69) is 37.4 Å². The van der Waals surface area contributed by atoms with Crippen molar-refractivity contribution in [3.05, 3.63) is 29.3 Å². The Morgan fingerprint density at radius 2 is 2.11 bits per heavy atom. The molecule has 106 valence electrons. The van der Waals surface area contributed by atoms with Gasteiger partial charge in [-0.05, 0) is 38.8 Å². The summed E-state index contributed by atoms with van der Waals surface area (Å²) in [5.74, 6) is 1.04. The first-order valence-electron chi connectivity index (χ1n) is 7.62. The molecule has 19 heavy (non-hydrogen) atoms. The van der Waals surface area contributed by atoms with E-state index in [0.717, 1.165) is 12.3 Å². The van der Waals surface area contributed by atoms with Crippen LogP contribution in [0, 0.1) is 6.92 Å². The molecule has 1 aliphatic heterocycles. The average molecular weight is 261 g/mol.